The summed E-state index contributed by atoms with van der Waals surface area (Å²) in [5, 5.41) is 0. The van der Waals surface area contributed by atoms with E-state index in [0.717, 1.165) is 24.5 Å². The summed E-state index contributed by atoms with van der Waals surface area (Å²) in [5.41, 5.74) is 1.22. The SMILES string of the molecule is COc1ccc(N(C)CCCS)cc1. The van der Waals surface area contributed by atoms with Crippen LogP contribution in [0, 0.1) is 0 Å². The quantitative estimate of drug-likeness (QED) is 0.751. The van der Waals surface area contributed by atoms with E-state index < -0.39 is 0 Å². The monoisotopic (exact) mass is 211 g/mol. The number of hydrogen-bond donors (Lipinski definition) is 1. The van der Waals surface area contributed by atoms with Crippen LogP contribution in [0.5, 0.6) is 5.75 Å². The first-order valence-corrected chi connectivity index (χ1v) is 5.37. The van der Waals surface area contributed by atoms with Crippen LogP contribution in [0.3, 0.4) is 0 Å². The van der Waals surface area contributed by atoms with E-state index >= 15 is 0 Å². The molecule has 0 bridgehead atoms. The van der Waals surface area contributed by atoms with E-state index in [-0.39, 0.29) is 0 Å². The highest BCUT2D eigenvalue weighted by Gasteiger charge is 1.99. The van der Waals surface area contributed by atoms with Crippen molar-refractivity contribution in [3.63, 3.8) is 0 Å². The Morgan fingerprint density at radius 3 is 2.43 bits per heavy atom. The van der Waals surface area contributed by atoms with Crippen molar-refractivity contribution < 1.29 is 4.74 Å². The fourth-order valence-corrected chi connectivity index (χ4v) is 1.42. The number of rotatable bonds is 5. The van der Waals surface area contributed by atoms with Crippen LogP contribution in [0.15, 0.2) is 24.3 Å². The van der Waals surface area contributed by atoms with Gasteiger partial charge in [0, 0.05) is 19.3 Å². The maximum Gasteiger partial charge on any atom is 0.119 e. The lowest BCUT2D eigenvalue weighted by molar-refractivity contribution is 0.415. The molecule has 0 atom stereocenters. The molecule has 14 heavy (non-hydrogen) atoms. The molecule has 0 heterocycles. The lowest BCUT2D eigenvalue weighted by atomic mass is 10.2. The molecule has 0 aromatic heterocycles. The Balaban J connectivity index is 2.57. The van der Waals surface area contributed by atoms with Gasteiger partial charge in [0.25, 0.3) is 0 Å². The molecule has 2 nitrogen and oxygen atoms in total. The first-order chi connectivity index (χ1) is 6.77. The zero-order valence-electron chi connectivity index (χ0n) is 8.73. The Labute approximate surface area is 91.3 Å². The van der Waals surface area contributed by atoms with Gasteiger partial charge in [0.05, 0.1) is 7.11 Å². The topological polar surface area (TPSA) is 12.5 Å². The van der Waals surface area contributed by atoms with Gasteiger partial charge in [-0.3, -0.25) is 0 Å². The van der Waals surface area contributed by atoms with Crippen LogP contribution >= 0.6 is 12.6 Å². The van der Waals surface area contributed by atoms with Gasteiger partial charge in [-0.05, 0) is 36.4 Å². The molecular formula is C11H17NOS. The van der Waals surface area contributed by atoms with Gasteiger partial charge in [-0.15, -0.1) is 0 Å². The summed E-state index contributed by atoms with van der Waals surface area (Å²) in [6, 6.07) is 8.09. The van der Waals surface area contributed by atoms with Gasteiger partial charge >= 0.3 is 0 Å². The van der Waals surface area contributed by atoms with Crippen LogP contribution in [-0.2, 0) is 0 Å². The molecule has 0 saturated carbocycles. The molecule has 0 spiro atoms. The first kappa shape index (κ1) is 11.2. The van der Waals surface area contributed by atoms with Crippen molar-refractivity contribution in [1.82, 2.24) is 0 Å². The number of ether oxygens (including phenoxy) is 1. The smallest absolute Gasteiger partial charge is 0.119 e. The highest BCUT2D eigenvalue weighted by Crippen LogP contribution is 2.18. The molecule has 1 aromatic rings. The van der Waals surface area contributed by atoms with Gasteiger partial charge in [0.15, 0.2) is 0 Å². The van der Waals surface area contributed by atoms with Crippen molar-refractivity contribution in [1.29, 1.82) is 0 Å². The van der Waals surface area contributed by atoms with E-state index in [2.05, 4.69) is 36.7 Å². The lowest BCUT2D eigenvalue weighted by Gasteiger charge is -2.18. The average molecular weight is 211 g/mol. The third-order valence-corrected chi connectivity index (χ3v) is 2.48. The van der Waals surface area contributed by atoms with Crippen LogP contribution in [-0.4, -0.2) is 26.5 Å². The predicted octanol–water partition coefficient (Wildman–Crippen LogP) is 2.45. The molecule has 0 unspecified atom stereocenters. The molecule has 0 N–H and O–H groups in total. The van der Waals surface area contributed by atoms with Crippen LogP contribution in [0.1, 0.15) is 6.42 Å². The molecule has 0 amide bonds. The van der Waals surface area contributed by atoms with Crippen LogP contribution in [0.2, 0.25) is 0 Å². The second-order valence-corrected chi connectivity index (χ2v) is 3.64. The second-order valence-electron chi connectivity index (χ2n) is 3.20. The molecule has 3 heteroatoms. The average Bonchev–Trinajstić information content (AvgIpc) is 2.26. The minimum atomic E-state index is 0.899. The highest BCUT2D eigenvalue weighted by atomic mass is 32.1. The molecule has 0 fully saturated rings. The van der Waals surface area contributed by atoms with Crippen LogP contribution in [0.4, 0.5) is 5.69 Å². The Hall–Kier alpha value is -0.830. The summed E-state index contributed by atoms with van der Waals surface area (Å²) < 4.78 is 5.10. The fraction of sp³-hybridized carbons (Fsp3) is 0.455. The molecule has 0 aliphatic carbocycles. The van der Waals surface area contributed by atoms with Crippen LogP contribution in [0.25, 0.3) is 0 Å². The number of nitrogens with zero attached hydrogens (tertiary/aromatic N) is 1. The van der Waals surface area contributed by atoms with E-state index in [1.807, 2.05) is 12.1 Å². The third kappa shape index (κ3) is 3.14. The summed E-state index contributed by atoms with van der Waals surface area (Å²) in [6.07, 6.45) is 1.10. The summed E-state index contributed by atoms with van der Waals surface area (Å²) in [5.74, 6) is 1.83. The van der Waals surface area contributed by atoms with E-state index in [0.29, 0.717) is 0 Å². The van der Waals surface area contributed by atoms with Crippen LogP contribution < -0.4 is 9.64 Å². The Kier molecular flexibility index (Phi) is 4.66. The number of hydrogen-bond acceptors (Lipinski definition) is 3. The normalized spacial score (nSPS) is 9.93. The van der Waals surface area contributed by atoms with Gasteiger partial charge in [-0.25, -0.2) is 0 Å². The van der Waals surface area contributed by atoms with E-state index in [1.165, 1.54) is 5.69 Å². The lowest BCUT2D eigenvalue weighted by Crippen LogP contribution is -2.18. The molecular weight excluding hydrogens is 194 g/mol. The van der Waals surface area contributed by atoms with Crippen molar-refractivity contribution in [2.24, 2.45) is 0 Å². The van der Waals surface area contributed by atoms with Gasteiger partial charge in [0.1, 0.15) is 5.75 Å². The summed E-state index contributed by atoms with van der Waals surface area (Å²) in [7, 11) is 3.77. The Bertz CT molecular complexity index is 260. The maximum atomic E-state index is 5.10. The third-order valence-electron chi connectivity index (χ3n) is 2.16. The minimum absolute atomic E-state index is 0.899. The zero-order chi connectivity index (χ0) is 10.4. The number of benzene rings is 1. The maximum absolute atomic E-state index is 5.10. The molecule has 0 radical (unpaired) electrons. The fourth-order valence-electron chi connectivity index (χ4n) is 1.27. The first-order valence-electron chi connectivity index (χ1n) is 4.74. The van der Waals surface area contributed by atoms with Crippen molar-refractivity contribution in [3.8, 4) is 5.75 Å². The van der Waals surface area contributed by atoms with Crippen molar-refractivity contribution in [2.75, 3.05) is 31.4 Å². The molecule has 1 rings (SSSR count). The van der Waals surface area contributed by atoms with Crippen molar-refractivity contribution >= 4 is 18.3 Å². The van der Waals surface area contributed by atoms with Crippen molar-refractivity contribution in [3.05, 3.63) is 24.3 Å². The summed E-state index contributed by atoms with van der Waals surface area (Å²) in [6.45, 7) is 1.04. The number of anilines is 1. The molecule has 78 valence electrons. The second kappa shape index (κ2) is 5.81. The molecule has 0 aliphatic rings. The van der Waals surface area contributed by atoms with Gasteiger partial charge in [-0.1, -0.05) is 0 Å². The summed E-state index contributed by atoms with van der Waals surface area (Å²) in [4.78, 5) is 2.22. The Morgan fingerprint density at radius 1 is 1.29 bits per heavy atom. The standard InChI is InChI=1S/C11H17NOS/c1-12(8-3-9-14)10-4-6-11(13-2)7-5-10/h4-7,14H,3,8-9H2,1-2H3. The Morgan fingerprint density at radius 2 is 1.93 bits per heavy atom. The van der Waals surface area contributed by atoms with Gasteiger partial charge in [-0.2, -0.15) is 12.6 Å². The number of methoxy groups -OCH3 is 1. The van der Waals surface area contributed by atoms with E-state index in [4.69, 9.17) is 4.74 Å². The van der Waals surface area contributed by atoms with Gasteiger partial charge < -0.3 is 9.64 Å². The predicted molar refractivity (Wildman–Crippen MR) is 64.7 cm³/mol. The summed E-state index contributed by atoms with van der Waals surface area (Å²) >= 11 is 4.19. The zero-order valence-corrected chi connectivity index (χ0v) is 9.63. The van der Waals surface area contributed by atoms with E-state index in [9.17, 15) is 0 Å². The number of thiol groups is 1. The van der Waals surface area contributed by atoms with Crippen molar-refractivity contribution in [2.45, 2.75) is 6.42 Å². The van der Waals surface area contributed by atoms with E-state index in [1.54, 1.807) is 7.11 Å². The van der Waals surface area contributed by atoms with Gasteiger partial charge in [0.2, 0.25) is 0 Å². The highest BCUT2D eigenvalue weighted by molar-refractivity contribution is 7.80. The minimum Gasteiger partial charge on any atom is -0.497 e. The molecule has 1 aromatic carbocycles. The molecule has 0 aliphatic heterocycles. The largest absolute Gasteiger partial charge is 0.497 e. The molecule has 0 saturated heterocycles.